The highest BCUT2D eigenvalue weighted by Gasteiger charge is 2.19. The van der Waals surface area contributed by atoms with E-state index in [9.17, 15) is 0 Å². The average molecular weight is 624 g/mol. The van der Waals surface area contributed by atoms with Crippen LogP contribution in [0.15, 0.2) is 164 Å². The molecule has 0 saturated heterocycles. The van der Waals surface area contributed by atoms with Crippen molar-refractivity contribution < 1.29 is 0 Å². The zero-order valence-electron chi connectivity index (χ0n) is 27.5. The van der Waals surface area contributed by atoms with Gasteiger partial charge >= 0.3 is 0 Å². The molecule has 230 valence electrons. The summed E-state index contributed by atoms with van der Waals surface area (Å²) in [5.41, 5.74) is 11.2. The molecule has 0 radical (unpaired) electrons. The van der Waals surface area contributed by atoms with Crippen molar-refractivity contribution in [3.8, 4) is 27.9 Å². The van der Waals surface area contributed by atoms with E-state index >= 15 is 0 Å². The number of aromatic nitrogens is 1. The van der Waals surface area contributed by atoms with Crippen LogP contribution in [-0.2, 0) is 0 Å². The summed E-state index contributed by atoms with van der Waals surface area (Å²) in [6, 6.07) is 60.7. The van der Waals surface area contributed by atoms with Gasteiger partial charge in [-0.2, -0.15) is 0 Å². The molecule has 1 heterocycles. The number of hydrogen-bond acceptors (Lipinski definition) is 0. The number of aryl methyl sites for hydroxylation is 2. The van der Waals surface area contributed by atoms with E-state index in [2.05, 4.69) is 182 Å². The largest absolute Gasteiger partial charge is 0.309 e. The van der Waals surface area contributed by atoms with Gasteiger partial charge in [0.15, 0.2) is 0 Å². The van der Waals surface area contributed by atoms with Gasteiger partial charge in [-0.3, -0.25) is 0 Å². The molecule has 0 amide bonds. The number of fused-ring (bicyclic) bond motifs is 9. The molecule has 0 N–H and O–H groups in total. The Kier molecular flexibility index (Phi) is 6.07. The zero-order chi connectivity index (χ0) is 32.6. The maximum atomic E-state index is 2.45. The third-order valence-corrected chi connectivity index (χ3v) is 10.5. The van der Waals surface area contributed by atoms with E-state index in [1.165, 1.54) is 98.3 Å². The Morgan fingerprint density at radius 2 is 0.816 bits per heavy atom. The summed E-state index contributed by atoms with van der Waals surface area (Å²) in [4.78, 5) is 0. The Morgan fingerprint density at radius 3 is 1.35 bits per heavy atom. The van der Waals surface area contributed by atoms with Crippen LogP contribution in [0, 0.1) is 13.8 Å². The van der Waals surface area contributed by atoms with Crippen LogP contribution in [0.25, 0.3) is 92.8 Å². The van der Waals surface area contributed by atoms with Crippen molar-refractivity contribution in [2.24, 2.45) is 0 Å². The number of rotatable bonds is 3. The summed E-state index contributed by atoms with van der Waals surface area (Å²) in [7, 11) is 0. The minimum atomic E-state index is 1.16. The standard InChI is InChI=1S/C48H33N/c1-30-17-25-40-41(28-30)45(34-12-4-3-5-13-34)39-24-16-31(2)29-42(39)46(40)35-18-22-36(23-19-35)49-43-26-20-32-10-6-8-14-37(32)47(43)48-38-15-9-7-11-33(38)21-27-44(48)49/h3-29H,1-2H3. The molecule has 0 fully saturated rings. The monoisotopic (exact) mass is 623 g/mol. The highest BCUT2D eigenvalue weighted by Crippen LogP contribution is 2.45. The molecule has 0 aliphatic carbocycles. The lowest BCUT2D eigenvalue weighted by molar-refractivity contribution is 1.18. The summed E-state index contributed by atoms with van der Waals surface area (Å²) in [6.45, 7) is 4.39. The molecule has 0 spiro atoms. The fourth-order valence-electron chi connectivity index (χ4n) is 8.29. The maximum absolute atomic E-state index is 2.45. The van der Waals surface area contributed by atoms with Gasteiger partial charge in [0, 0.05) is 16.5 Å². The van der Waals surface area contributed by atoms with Gasteiger partial charge in [0.2, 0.25) is 0 Å². The molecule has 0 unspecified atom stereocenters. The highest BCUT2D eigenvalue weighted by molar-refractivity contribution is 6.28. The molecule has 0 atom stereocenters. The van der Waals surface area contributed by atoms with Crippen molar-refractivity contribution in [1.29, 1.82) is 0 Å². The van der Waals surface area contributed by atoms with Crippen molar-refractivity contribution in [3.63, 3.8) is 0 Å². The SMILES string of the molecule is Cc1ccc2c(-c3ccc(-n4c5ccc6ccccc6c5c5c6ccccc6ccc54)cc3)c3cc(C)ccc3c(-c3ccccc3)c2c1. The Hall–Kier alpha value is -6.18. The molecule has 9 aromatic carbocycles. The van der Waals surface area contributed by atoms with E-state index in [0.29, 0.717) is 0 Å². The summed E-state index contributed by atoms with van der Waals surface area (Å²) in [5.74, 6) is 0. The Bertz CT molecular complexity index is 2830. The molecule has 0 aliphatic heterocycles. The van der Waals surface area contributed by atoms with Gasteiger partial charge in [0.25, 0.3) is 0 Å². The second kappa shape index (κ2) is 10.7. The lowest BCUT2D eigenvalue weighted by atomic mass is 9.85. The van der Waals surface area contributed by atoms with Gasteiger partial charge in [-0.1, -0.05) is 151 Å². The molecule has 0 bridgehead atoms. The van der Waals surface area contributed by atoms with Gasteiger partial charge in [0.05, 0.1) is 11.0 Å². The van der Waals surface area contributed by atoms with Crippen LogP contribution < -0.4 is 0 Å². The van der Waals surface area contributed by atoms with Crippen LogP contribution >= 0.6 is 0 Å². The molecular formula is C48H33N. The van der Waals surface area contributed by atoms with E-state index in [4.69, 9.17) is 0 Å². The molecule has 10 rings (SSSR count). The highest BCUT2D eigenvalue weighted by atomic mass is 15.0. The second-order valence-corrected chi connectivity index (χ2v) is 13.5. The zero-order valence-corrected chi connectivity index (χ0v) is 27.5. The molecule has 49 heavy (non-hydrogen) atoms. The van der Waals surface area contributed by atoms with Gasteiger partial charge in [-0.25, -0.2) is 0 Å². The third-order valence-electron chi connectivity index (χ3n) is 10.5. The summed E-state index contributed by atoms with van der Waals surface area (Å²) in [5, 5.41) is 12.9. The molecule has 1 nitrogen and oxygen atoms in total. The van der Waals surface area contributed by atoms with Crippen LogP contribution in [0.3, 0.4) is 0 Å². The molecule has 10 aromatic rings. The fourth-order valence-corrected chi connectivity index (χ4v) is 8.29. The number of benzene rings is 9. The third kappa shape index (κ3) is 4.19. The van der Waals surface area contributed by atoms with Gasteiger partial charge in [-0.15, -0.1) is 0 Å². The average Bonchev–Trinajstić information content (AvgIpc) is 3.50. The van der Waals surface area contributed by atoms with E-state index in [0.717, 1.165) is 5.69 Å². The van der Waals surface area contributed by atoms with Crippen molar-refractivity contribution in [3.05, 3.63) is 175 Å². The normalized spacial score (nSPS) is 11.9. The molecule has 1 aromatic heterocycles. The van der Waals surface area contributed by atoms with Crippen LogP contribution in [-0.4, -0.2) is 4.57 Å². The number of hydrogen-bond donors (Lipinski definition) is 0. The maximum Gasteiger partial charge on any atom is 0.0547 e. The number of nitrogens with zero attached hydrogens (tertiary/aromatic N) is 1. The van der Waals surface area contributed by atoms with E-state index in [1.54, 1.807) is 0 Å². The van der Waals surface area contributed by atoms with E-state index in [1.807, 2.05) is 0 Å². The first-order valence-corrected chi connectivity index (χ1v) is 17.1. The summed E-state index contributed by atoms with van der Waals surface area (Å²) >= 11 is 0. The first-order valence-electron chi connectivity index (χ1n) is 17.1. The van der Waals surface area contributed by atoms with Crippen molar-refractivity contribution >= 4 is 64.9 Å². The second-order valence-electron chi connectivity index (χ2n) is 13.5. The smallest absolute Gasteiger partial charge is 0.0547 e. The first-order chi connectivity index (χ1) is 24.1. The fraction of sp³-hybridized carbons (Fsp3) is 0.0417. The Morgan fingerprint density at radius 1 is 0.347 bits per heavy atom. The lowest BCUT2D eigenvalue weighted by Crippen LogP contribution is -1.95. The minimum absolute atomic E-state index is 1.16. The van der Waals surface area contributed by atoms with Crippen LogP contribution in [0.5, 0.6) is 0 Å². The lowest BCUT2D eigenvalue weighted by Gasteiger charge is -2.19. The van der Waals surface area contributed by atoms with Gasteiger partial charge in [-0.05, 0) is 103 Å². The molecular weight excluding hydrogens is 591 g/mol. The van der Waals surface area contributed by atoms with Crippen LogP contribution in [0.4, 0.5) is 0 Å². The minimum Gasteiger partial charge on any atom is -0.309 e. The van der Waals surface area contributed by atoms with Crippen molar-refractivity contribution in [2.45, 2.75) is 13.8 Å². The topological polar surface area (TPSA) is 4.93 Å². The summed E-state index contributed by atoms with van der Waals surface area (Å²) < 4.78 is 2.45. The van der Waals surface area contributed by atoms with Crippen molar-refractivity contribution in [1.82, 2.24) is 4.57 Å². The molecule has 1 heteroatoms. The molecule has 0 saturated carbocycles. The van der Waals surface area contributed by atoms with Gasteiger partial charge in [0.1, 0.15) is 0 Å². The van der Waals surface area contributed by atoms with E-state index in [-0.39, 0.29) is 0 Å². The quantitative estimate of drug-likeness (QED) is 0.173. The summed E-state index contributed by atoms with van der Waals surface area (Å²) in [6.07, 6.45) is 0. The Balaban J connectivity index is 1.25. The van der Waals surface area contributed by atoms with Crippen molar-refractivity contribution in [2.75, 3.05) is 0 Å². The van der Waals surface area contributed by atoms with Crippen LogP contribution in [0.1, 0.15) is 11.1 Å². The predicted octanol–water partition coefficient (Wildman–Crippen LogP) is 13.3. The molecule has 0 aliphatic rings. The van der Waals surface area contributed by atoms with Gasteiger partial charge < -0.3 is 4.57 Å². The van der Waals surface area contributed by atoms with Crippen LogP contribution in [0.2, 0.25) is 0 Å². The first kappa shape index (κ1) is 27.9. The Labute approximate surface area is 285 Å². The predicted molar refractivity (Wildman–Crippen MR) is 211 cm³/mol. The van der Waals surface area contributed by atoms with E-state index < -0.39 is 0 Å².